The van der Waals surface area contributed by atoms with Crippen LogP contribution in [0.25, 0.3) is 6.08 Å². The van der Waals surface area contributed by atoms with Crippen LogP contribution in [0.15, 0.2) is 48.1 Å². The number of carbonyl (C=O) groups is 2. The topological polar surface area (TPSA) is 43.9 Å². The first-order chi connectivity index (χ1) is 15.1. The van der Waals surface area contributed by atoms with Crippen LogP contribution in [0.3, 0.4) is 0 Å². The average molecular weight is 418 g/mol. The van der Waals surface area contributed by atoms with Gasteiger partial charge in [-0.25, -0.2) is 0 Å². The largest absolute Gasteiger partial charge is 0.297 e. The quantitative estimate of drug-likeness (QED) is 0.420. The number of hydrogen-bond donors (Lipinski definition) is 0. The van der Waals surface area contributed by atoms with Crippen molar-refractivity contribution in [1.82, 2.24) is 14.7 Å². The van der Waals surface area contributed by atoms with E-state index in [0.29, 0.717) is 19.4 Å². The van der Waals surface area contributed by atoms with Gasteiger partial charge in [0.15, 0.2) is 0 Å². The summed E-state index contributed by atoms with van der Waals surface area (Å²) in [5.74, 6) is 5.85. The number of imide groups is 1. The third-order valence-corrected chi connectivity index (χ3v) is 6.52. The zero-order valence-corrected chi connectivity index (χ0v) is 18.3. The minimum absolute atomic E-state index is 0.0334. The van der Waals surface area contributed by atoms with Crippen molar-refractivity contribution in [3.05, 3.63) is 53.6 Å². The van der Waals surface area contributed by atoms with Crippen molar-refractivity contribution < 1.29 is 9.59 Å². The van der Waals surface area contributed by atoms with Gasteiger partial charge in [-0.2, -0.15) is 0 Å². The molecule has 5 heteroatoms. The minimum atomic E-state index is -0.165. The summed E-state index contributed by atoms with van der Waals surface area (Å²) in [4.78, 5) is 31.3. The standard InChI is InChI=1S/C26H31N3O2/c1-21-11-12-23-24(20-21)26(31)29(25(23)30)15-6-5-13-27-16-18-28(19-17-27)14-7-10-22-8-3-2-4-9-22/h2-4,7-11,23-24H,12-20H2,1H3/b10-7+/t23-,24+/m0/s1. The van der Waals surface area contributed by atoms with Gasteiger partial charge >= 0.3 is 0 Å². The van der Waals surface area contributed by atoms with Crippen LogP contribution in [0.1, 0.15) is 25.3 Å². The summed E-state index contributed by atoms with van der Waals surface area (Å²) in [5, 5.41) is 0. The lowest BCUT2D eigenvalue weighted by Crippen LogP contribution is -2.46. The van der Waals surface area contributed by atoms with Gasteiger partial charge in [-0.3, -0.25) is 24.3 Å². The van der Waals surface area contributed by atoms with E-state index in [9.17, 15) is 9.59 Å². The molecular weight excluding hydrogens is 386 g/mol. The Morgan fingerprint density at radius 1 is 0.935 bits per heavy atom. The van der Waals surface area contributed by atoms with Crippen LogP contribution < -0.4 is 0 Å². The maximum absolute atomic E-state index is 12.6. The van der Waals surface area contributed by atoms with Crippen molar-refractivity contribution in [2.45, 2.75) is 19.8 Å². The molecule has 2 amide bonds. The Morgan fingerprint density at radius 3 is 2.39 bits per heavy atom. The number of nitrogens with zero attached hydrogens (tertiary/aromatic N) is 3. The zero-order valence-electron chi connectivity index (χ0n) is 18.3. The van der Waals surface area contributed by atoms with Crippen LogP contribution in [0, 0.1) is 23.7 Å². The highest BCUT2D eigenvalue weighted by molar-refractivity contribution is 6.05. The third-order valence-electron chi connectivity index (χ3n) is 6.52. The molecular formula is C26H31N3O2. The molecule has 2 atom stereocenters. The monoisotopic (exact) mass is 417 g/mol. The van der Waals surface area contributed by atoms with Crippen LogP contribution in [-0.2, 0) is 9.59 Å². The van der Waals surface area contributed by atoms with Crippen molar-refractivity contribution in [2.24, 2.45) is 11.8 Å². The van der Waals surface area contributed by atoms with Crippen LogP contribution >= 0.6 is 0 Å². The summed E-state index contributed by atoms with van der Waals surface area (Å²) in [6.45, 7) is 7.96. The number of likely N-dealkylation sites (tertiary alicyclic amines) is 1. The van der Waals surface area contributed by atoms with Gasteiger partial charge in [0.25, 0.3) is 0 Å². The van der Waals surface area contributed by atoms with E-state index in [1.165, 1.54) is 16.0 Å². The molecule has 2 aliphatic heterocycles. The molecule has 0 unspecified atom stereocenters. The van der Waals surface area contributed by atoms with Crippen molar-refractivity contribution in [2.75, 3.05) is 45.8 Å². The minimum Gasteiger partial charge on any atom is -0.297 e. The molecule has 0 radical (unpaired) electrons. The Labute approximate surface area is 185 Å². The molecule has 3 aliphatic rings. The van der Waals surface area contributed by atoms with E-state index in [0.717, 1.165) is 32.7 Å². The van der Waals surface area contributed by atoms with Crippen LogP contribution in [-0.4, -0.2) is 72.3 Å². The lowest BCUT2D eigenvalue weighted by Gasteiger charge is -2.32. The van der Waals surface area contributed by atoms with Gasteiger partial charge in [0.05, 0.1) is 24.9 Å². The predicted molar refractivity (Wildman–Crippen MR) is 123 cm³/mol. The Morgan fingerprint density at radius 2 is 1.61 bits per heavy atom. The molecule has 0 aromatic heterocycles. The smallest absolute Gasteiger partial charge is 0.234 e. The molecule has 5 nitrogen and oxygen atoms in total. The normalized spacial score (nSPS) is 24.8. The Balaban J connectivity index is 1.18. The number of piperazine rings is 1. The van der Waals surface area contributed by atoms with Gasteiger partial charge in [0.2, 0.25) is 11.8 Å². The molecule has 31 heavy (non-hydrogen) atoms. The van der Waals surface area contributed by atoms with Gasteiger partial charge in [-0.15, -0.1) is 0 Å². The molecule has 162 valence electrons. The third kappa shape index (κ3) is 5.33. The molecule has 2 fully saturated rings. The summed E-state index contributed by atoms with van der Waals surface area (Å²) in [6.07, 6.45) is 7.90. The van der Waals surface area contributed by atoms with Crippen LogP contribution in [0.4, 0.5) is 0 Å². The molecule has 1 aliphatic carbocycles. The van der Waals surface area contributed by atoms with Crippen LogP contribution in [0.2, 0.25) is 0 Å². The maximum atomic E-state index is 12.6. The Hall–Kier alpha value is -2.68. The van der Waals surface area contributed by atoms with Gasteiger partial charge in [0.1, 0.15) is 0 Å². The number of rotatable bonds is 5. The molecule has 4 rings (SSSR count). The number of amides is 2. The molecule has 0 N–H and O–H groups in total. The zero-order chi connectivity index (χ0) is 21.6. The van der Waals surface area contributed by atoms with Gasteiger partial charge < -0.3 is 0 Å². The molecule has 0 spiro atoms. The second kappa shape index (κ2) is 10.1. The summed E-state index contributed by atoms with van der Waals surface area (Å²) >= 11 is 0. The van der Waals surface area contributed by atoms with Gasteiger partial charge in [0, 0.05) is 32.7 Å². The molecule has 2 heterocycles. The average Bonchev–Trinajstić information content (AvgIpc) is 3.02. The number of benzene rings is 1. The Kier molecular flexibility index (Phi) is 7.01. The highest BCUT2D eigenvalue weighted by Gasteiger charge is 2.47. The van der Waals surface area contributed by atoms with E-state index in [1.54, 1.807) is 0 Å². The van der Waals surface area contributed by atoms with E-state index in [2.05, 4.69) is 64.1 Å². The van der Waals surface area contributed by atoms with Crippen molar-refractivity contribution in [3.8, 4) is 11.8 Å². The SMILES string of the molecule is CC1=CC[C@@H]2C(=O)N(CC#CCN3CCN(C/C=C/c4ccccc4)CC3)C(=O)[C@@H]2C1. The first-order valence-electron chi connectivity index (χ1n) is 11.2. The lowest BCUT2D eigenvalue weighted by molar-refractivity contribution is -0.139. The highest BCUT2D eigenvalue weighted by Crippen LogP contribution is 2.37. The maximum Gasteiger partial charge on any atom is 0.234 e. The first-order valence-corrected chi connectivity index (χ1v) is 11.2. The van der Waals surface area contributed by atoms with Crippen molar-refractivity contribution in [3.63, 3.8) is 0 Å². The molecule has 1 aromatic rings. The fraction of sp³-hybridized carbons (Fsp3) is 0.462. The highest BCUT2D eigenvalue weighted by atomic mass is 16.2. The number of allylic oxidation sites excluding steroid dienone is 2. The van der Waals surface area contributed by atoms with Gasteiger partial charge in [-0.05, 0) is 25.3 Å². The first kappa shape index (κ1) is 21.5. The lowest BCUT2D eigenvalue weighted by atomic mass is 9.82. The molecule has 1 aromatic carbocycles. The van der Waals surface area contributed by atoms with E-state index >= 15 is 0 Å². The molecule has 0 saturated carbocycles. The molecule has 2 saturated heterocycles. The van der Waals surface area contributed by atoms with Crippen LogP contribution in [0.5, 0.6) is 0 Å². The van der Waals surface area contributed by atoms with Crippen molar-refractivity contribution in [1.29, 1.82) is 0 Å². The molecule has 0 bridgehead atoms. The fourth-order valence-corrected chi connectivity index (χ4v) is 4.60. The summed E-state index contributed by atoms with van der Waals surface area (Å²) in [6, 6.07) is 10.4. The number of hydrogen-bond acceptors (Lipinski definition) is 4. The second-order valence-corrected chi connectivity index (χ2v) is 8.71. The van der Waals surface area contributed by atoms with Gasteiger partial charge in [-0.1, -0.05) is 66.0 Å². The number of carbonyl (C=O) groups excluding carboxylic acids is 2. The van der Waals surface area contributed by atoms with E-state index < -0.39 is 0 Å². The fourth-order valence-electron chi connectivity index (χ4n) is 4.60. The predicted octanol–water partition coefficient (Wildman–Crippen LogP) is 2.66. The number of fused-ring (bicyclic) bond motifs is 1. The summed E-state index contributed by atoms with van der Waals surface area (Å²) in [5.41, 5.74) is 2.45. The summed E-state index contributed by atoms with van der Waals surface area (Å²) in [7, 11) is 0. The van der Waals surface area contributed by atoms with E-state index in [1.807, 2.05) is 13.0 Å². The summed E-state index contributed by atoms with van der Waals surface area (Å²) < 4.78 is 0. The second-order valence-electron chi connectivity index (χ2n) is 8.71. The van der Waals surface area contributed by atoms with Crippen molar-refractivity contribution >= 4 is 17.9 Å². The van der Waals surface area contributed by atoms with E-state index in [-0.39, 0.29) is 30.2 Å². The Bertz CT molecular complexity index is 917. The van der Waals surface area contributed by atoms with E-state index in [4.69, 9.17) is 0 Å².